The van der Waals surface area contributed by atoms with E-state index in [1.54, 1.807) is 18.2 Å². The Morgan fingerprint density at radius 3 is 2.36 bits per heavy atom. The van der Waals surface area contributed by atoms with Crippen LogP contribution in [-0.2, 0) is 9.53 Å². The molecule has 0 atom stereocenters. The summed E-state index contributed by atoms with van der Waals surface area (Å²) in [5.41, 5.74) is -0.146. The molecule has 0 heterocycles. The summed E-state index contributed by atoms with van der Waals surface area (Å²) in [5, 5.41) is 2.97. The zero-order chi connectivity index (χ0) is 18.2. The number of benzene rings is 2. The van der Waals surface area contributed by atoms with Crippen molar-refractivity contribution in [2.45, 2.75) is 0 Å². The molecule has 0 bridgehead atoms. The first-order valence-electron chi connectivity index (χ1n) is 7.24. The molecule has 2 aromatic rings. The van der Waals surface area contributed by atoms with E-state index in [1.165, 1.54) is 18.2 Å². The lowest BCUT2D eigenvalue weighted by atomic mass is 10.2. The van der Waals surface area contributed by atoms with Crippen molar-refractivity contribution in [3.05, 3.63) is 63.9 Å². The van der Waals surface area contributed by atoms with Crippen LogP contribution in [-0.4, -0.2) is 31.6 Å². The molecule has 0 unspecified atom stereocenters. The predicted molar refractivity (Wildman–Crippen MR) is 91.6 cm³/mol. The summed E-state index contributed by atoms with van der Waals surface area (Å²) in [6.45, 7) is -0.410. The van der Waals surface area contributed by atoms with E-state index in [4.69, 9.17) is 32.7 Å². The van der Waals surface area contributed by atoms with Crippen molar-refractivity contribution in [2.75, 3.05) is 19.8 Å². The molecule has 0 aliphatic rings. The molecule has 25 heavy (non-hydrogen) atoms. The van der Waals surface area contributed by atoms with Crippen LogP contribution in [0, 0.1) is 5.82 Å². The molecule has 2 aromatic carbocycles. The molecule has 0 saturated heterocycles. The molecule has 0 aromatic heterocycles. The highest BCUT2D eigenvalue weighted by atomic mass is 35.5. The van der Waals surface area contributed by atoms with E-state index in [9.17, 15) is 14.0 Å². The van der Waals surface area contributed by atoms with E-state index >= 15 is 0 Å². The summed E-state index contributed by atoms with van der Waals surface area (Å²) >= 11 is 11.9. The maximum Gasteiger partial charge on any atom is 0.325 e. The van der Waals surface area contributed by atoms with Crippen LogP contribution in [0.15, 0.2) is 42.5 Å². The second kappa shape index (κ2) is 9.25. The summed E-state index contributed by atoms with van der Waals surface area (Å²) in [6.07, 6.45) is 0. The summed E-state index contributed by atoms with van der Waals surface area (Å²) in [4.78, 5) is 23.3. The number of hydrogen-bond donors (Lipinski definition) is 1. The first kappa shape index (κ1) is 19.0. The number of rotatable bonds is 7. The average molecular weight is 386 g/mol. The third-order valence-corrected chi connectivity index (χ3v) is 3.62. The number of amides is 1. The largest absolute Gasteiger partial charge is 0.487 e. The van der Waals surface area contributed by atoms with Crippen molar-refractivity contribution in [3.8, 4) is 5.75 Å². The molecular formula is C17H14Cl2FNO4. The quantitative estimate of drug-likeness (QED) is 0.585. The maximum absolute atomic E-state index is 13.4. The molecule has 0 aliphatic carbocycles. The molecule has 1 amide bonds. The van der Waals surface area contributed by atoms with Gasteiger partial charge >= 0.3 is 5.97 Å². The van der Waals surface area contributed by atoms with Crippen LogP contribution in [0.4, 0.5) is 4.39 Å². The van der Waals surface area contributed by atoms with Crippen molar-refractivity contribution in [1.82, 2.24) is 5.32 Å². The molecule has 2 rings (SSSR count). The Morgan fingerprint density at radius 2 is 1.68 bits per heavy atom. The molecule has 5 nitrogen and oxygen atoms in total. The molecule has 8 heteroatoms. The lowest BCUT2D eigenvalue weighted by Crippen LogP contribution is -2.31. The number of nitrogens with one attached hydrogen (secondary N) is 1. The summed E-state index contributed by atoms with van der Waals surface area (Å²) in [6, 6.07) is 10.4. The molecule has 0 saturated carbocycles. The highest BCUT2D eigenvalue weighted by Crippen LogP contribution is 2.32. The zero-order valence-corrected chi connectivity index (χ0v) is 14.4. The molecular weight excluding hydrogens is 372 g/mol. The van der Waals surface area contributed by atoms with E-state index < -0.39 is 17.7 Å². The van der Waals surface area contributed by atoms with Crippen LogP contribution < -0.4 is 10.1 Å². The summed E-state index contributed by atoms with van der Waals surface area (Å²) < 4.78 is 23.7. The van der Waals surface area contributed by atoms with Crippen LogP contribution in [0.25, 0.3) is 0 Å². The minimum atomic E-state index is -0.700. The van der Waals surface area contributed by atoms with Gasteiger partial charge in [-0.2, -0.15) is 0 Å². The second-order valence-corrected chi connectivity index (χ2v) is 5.60. The predicted octanol–water partition coefficient (Wildman–Crippen LogP) is 3.48. The lowest BCUT2D eigenvalue weighted by molar-refractivity contribution is -0.143. The van der Waals surface area contributed by atoms with Crippen LogP contribution in [0.1, 0.15) is 10.4 Å². The first-order chi connectivity index (χ1) is 12.0. The van der Waals surface area contributed by atoms with Crippen molar-refractivity contribution in [2.24, 2.45) is 0 Å². The van der Waals surface area contributed by atoms with Gasteiger partial charge in [0.15, 0.2) is 5.75 Å². The van der Waals surface area contributed by atoms with Gasteiger partial charge in [0.1, 0.15) is 25.6 Å². The average Bonchev–Trinajstić information content (AvgIpc) is 2.59. The minimum Gasteiger partial charge on any atom is -0.487 e. The standard InChI is InChI=1S/C17H14Cl2FNO4/c18-12-5-3-6-13(19)16(12)25-9-8-24-15(22)10-21-17(23)11-4-1-2-7-14(11)20/h1-7H,8-10H2,(H,21,23). The fourth-order valence-corrected chi connectivity index (χ4v) is 2.37. The smallest absolute Gasteiger partial charge is 0.325 e. The van der Waals surface area contributed by atoms with Gasteiger partial charge in [-0.25, -0.2) is 4.39 Å². The van der Waals surface area contributed by atoms with Gasteiger partial charge in [0.05, 0.1) is 15.6 Å². The maximum atomic E-state index is 13.4. The highest BCUT2D eigenvalue weighted by Gasteiger charge is 2.13. The van der Waals surface area contributed by atoms with Crippen LogP contribution >= 0.6 is 23.2 Å². The monoisotopic (exact) mass is 385 g/mol. The van der Waals surface area contributed by atoms with Crippen LogP contribution in [0.5, 0.6) is 5.75 Å². The third kappa shape index (κ3) is 5.62. The summed E-state index contributed by atoms with van der Waals surface area (Å²) in [5.74, 6) is -1.75. The molecule has 1 N–H and O–H groups in total. The van der Waals surface area contributed by atoms with E-state index in [0.717, 1.165) is 6.07 Å². The van der Waals surface area contributed by atoms with Gasteiger partial charge in [0.25, 0.3) is 5.91 Å². The van der Waals surface area contributed by atoms with Crippen LogP contribution in [0.2, 0.25) is 10.0 Å². The van der Waals surface area contributed by atoms with Gasteiger partial charge in [-0.3, -0.25) is 9.59 Å². The number of hydrogen-bond acceptors (Lipinski definition) is 4. The third-order valence-electron chi connectivity index (χ3n) is 3.02. The SMILES string of the molecule is O=C(CNC(=O)c1ccccc1F)OCCOc1c(Cl)cccc1Cl. The van der Waals surface area contributed by atoms with Gasteiger partial charge in [0.2, 0.25) is 0 Å². The van der Waals surface area contributed by atoms with Crippen molar-refractivity contribution in [1.29, 1.82) is 0 Å². The molecule has 0 radical (unpaired) electrons. The number of halogens is 3. The number of carbonyl (C=O) groups is 2. The van der Waals surface area contributed by atoms with Gasteiger partial charge < -0.3 is 14.8 Å². The Kier molecular flexibility index (Phi) is 7.03. The lowest BCUT2D eigenvalue weighted by Gasteiger charge is -2.10. The van der Waals surface area contributed by atoms with Gasteiger partial charge in [-0.05, 0) is 24.3 Å². The van der Waals surface area contributed by atoms with Crippen LogP contribution in [0.3, 0.4) is 0 Å². The second-order valence-electron chi connectivity index (χ2n) is 4.78. The molecule has 0 fully saturated rings. The molecule has 0 aliphatic heterocycles. The number of para-hydroxylation sites is 1. The van der Waals surface area contributed by atoms with E-state index in [0.29, 0.717) is 15.8 Å². The fraction of sp³-hybridized carbons (Fsp3) is 0.176. The minimum absolute atomic E-state index is 0.0381. The Morgan fingerprint density at radius 1 is 1.00 bits per heavy atom. The Hall–Kier alpha value is -2.31. The summed E-state index contributed by atoms with van der Waals surface area (Å²) in [7, 11) is 0. The molecule has 0 spiro atoms. The van der Waals surface area contributed by atoms with E-state index in [-0.39, 0.29) is 25.3 Å². The van der Waals surface area contributed by atoms with E-state index in [2.05, 4.69) is 5.32 Å². The van der Waals surface area contributed by atoms with Gasteiger partial charge in [0, 0.05) is 0 Å². The first-order valence-corrected chi connectivity index (χ1v) is 8.00. The zero-order valence-electron chi connectivity index (χ0n) is 12.9. The van der Waals surface area contributed by atoms with Gasteiger partial charge in [-0.1, -0.05) is 41.4 Å². The Bertz CT molecular complexity index is 750. The Labute approximate surface area is 153 Å². The fourth-order valence-electron chi connectivity index (χ4n) is 1.86. The highest BCUT2D eigenvalue weighted by molar-refractivity contribution is 6.37. The number of ether oxygens (including phenoxy) is 2. The van der Waals surface area contributed by atoms with Crippen molar-refractivity contribution in [3.63, 3.8) is 0 Å². The Balaban J connectivity index is 1.71. The topological polar surface area (TPSA) is 64.6 Å². The van der Waals surface area contributed by atoms with Gasteiger partial charge in [-0.15, -0.1) is 0 Å². The number of carbonyl (C=O) groups excluding carboxylic acids is 2. The molecule has 132 valence electrons. The van der Waals surface area contributed by atoms with E-state index in [1.807, 2.05) is 0 Å². The normalized spacial score (nSPS) is 10.2. The van der Waals surface area contributed by atoms with Crippen molar-refractivity contribution < 1.29 is 23.5 Å². The van der Waals surface area contributed by atoms with Crippen molar-refractivity contribution >= 4 is 35.1 Å². The number of esters is 1.